The molecule has 0 bridgehead atoms. The molecule has 0 fully saturated rings. The van der Waals surface area contributed by atoms with E-state index < -0.39 is 0 Å². The Morgan fingerprint density at radius 1 is 0.613 bits per heavy atom. The van der Waals surface area contributed by atoms with Crippen LogP contribution in [0.4, 0.5) is 29.0 Å². The fourth-order valence-corrected chi connectivity index (χ4v) is 8.57. The van der Waals surface area contributed by atoms with Crippen LogP contribution in [-0.2, 0) is 6.42 Å². The van der Waals surface area contributed by atoms with Gasteiger partial charge in [0.25, 0.3) is 0 Å². The lowest BCUT2D eigenvalue weighted by atomic mass is 9.84. The van der Waals surface area contributed by atoms with Crippen LogP contribution in [0.5, 0.6) is 17.2 Å². The first-order valence-corrected chi connectivity index (χ1v) is 21.0. The zero-order valence-electron chi connectivity index (χ0n) is 34.4. The number of hydrogen-bond acceptors (Lipinski definition) is 8. The fraction of sp³-hybridized carbons (Fsp3) is 0.111. The summed E-state index contributed by atoms with van der Waals surface area (Å²) in [5.74, 6) is 3.85. The second-order valence-electron chi connectivity index (χ2n) is 15.4. The van der Waals surface area contributed by atoms with Crippen LogP contribution in [0.25, 0.3) is 32.9 Å². The van der Waals surface area contributed by atoms with Gasteiger partial charge in [-0.05, 0) is 89.2 Å². The van der Waals surface area contributed by atoms with Crippen molar-refractivity contribution in [3.63, 3.8) is 0 Å². The number of para-hydroxylation sites is 4. The molecule has 0 saturated carbocycles. The maximum atomic E-state index is 6.81. The first kappa shape index (κ1) is 38.4. The molecule has 3 heterocycles. The van der Waals surface area contributed by atoms with Crippen LogP contribution in [0.15, 0.2) is 194 Å². The lowest BCUT2D eigenvalue weighted by Gasteiger charge is -2.34. The molecule has 10 rings (SSSR count). The van der Waals surface area contributed by atoms with Crippen molar-refractivity contribution in [1.29, 1.82) is 0 Å². The summed E-state index contributed by atoms with van der Waals surface area (Å²) in [4.78, 5) is 24.2. The summed E-state index contributed by atoms with van der Waals surface area (Å²) in [6.45, 7) is 8.51. The van der Waals surface area contributed by atoms with Gasteiger partial charge in [-0.2, -0.15) is 15.0 Å². The normalized spacial score (nSPS) is 14.0. The molecule has 1 aromatic heterocycles. The van der Waals surface area contributed by atoms with E-state index in [9.17, 15) is 0 Å². The van der Waals surface area contributed by atoms with Crippen molar-refractivity contribution in [2.24, 2.45) is 10.9 Å². The molecule has 0 saturated heterocycles. The van der Waals surface area contributed by atoms with E-state index in [2.05, 4.69) is 108 Å². The highest BCUT2D eigenvalue weighted by atomic mass is 16.5. The third-order valence-electron chi connectivity index (χ3n) is 11.7. The van der Waals surface area contributed by atoms with Gasteiger partial charge in [-0.3, -0.25) is 9.80 Å². The van der Waals surface area contributed by atoms with E-state index in [1.165, 1.54) is 10.9 Å². The van der Waals surface area contributed by atoms with Crippen molar-refractivity contribution in [2.75, 3.05) is 16.8 Å². The molecule has 1 unspecified atom stereocenters. The predicted molar refractivity (Wildman–Crippen MR) is 253 cm³/mol. The van der Waals surface area contributed by atoms with E-state index >= 15 is 0 Å². The molecule has 8 nitrogen and oxygen atoms in total. The molecule has 8 aromatic rings. The van der Waals surface area contributed by atoms with Crippen molar-refractivity contribution < 1.29 is 9.47 Å². The minimum Gasteiger partial charge on any atom is -0.457 e. The molecule has 2 aliphatic heterocycles. The van der Waals surface area contributed by atoms with Gasteiger partial charge in [0.1, 0.15) is 5.76 Å². The largest absolute Gasteiger partial charge is 0.457 e. The van der Waals surface area contributed by atoms with Gasteiger partial charge in [0.2, 0.25) is 11.9 Å². The highest BCUT2D eigenvalue weighted by molar-refractivity contribution is 6.12. The average Bonchev–Trinajstić information content (AvgIpc) is 3.33. The summed E-state index contributed by atoms with van der Waals surface area (Å²) in [6.07, 6.45) is 10.7. The third kappa shape index (κ3) is 7.05. The van der Waals surface area contributed by atoms with Crippen LogP contribution in [0, 0.1) is 5.92 Å². The van der Waals surface area contributed by atoms with E-state index in [0.29, 0.717) is 35.0 Å². The summed E-state index contributed by atoms with van der Waals surface area (Å²) in [5.41, 5.74) is 5.65. The number of ether oxygens (including phenoxy) is 2. The van der Waals surface area contributed by atoms with Crippen LogP contribution in [0.3, 0.4) is 0 Å². The minimum absolute atomic E-state index is 0.0994. The van der Waals surface area contributed by atoms with Gasteiger partial charge in [-0.1, -0.05) is 127 Å². The first-order valence-electron chi connectivity index (χ1n) is 21.0. The molecule has 0 spiro atoms. The van der Waals surface area contributed by atoms with Gasteiger partial charge >= 0.3 is 0 Å². The zero-order chi connectivity index (χ0) is 42.0. The van der Waals surface area contributed by atoms with E-state index in [-0.39, 0.29) is 11.8 Å². The molecule has 0 radical (unpaired) electrons. The van der Waals surface area contributed by atoms with Crippen LogP contribution < -0.4 is 19.3 Å². The van der Waals surface area contributed by atoms with Crippen LogP contribution in [0.2, 0.25) is 0 Å². The first-order chi connectivity index (χ1) is 30.6. The molecule has 0 N–H and O–H groups in total. The van der Waals surface area contributed by atoms with E-state index in [4.69, 9.17) is 24.4 Å². The molecule has 62 heavy (non-hydrogen) atoms. The van der Waals surface area contributed by atoms with Crippen LogP contribution in [0.1, 0.15) is 29.9 Å². The second-order valence-corrected chi connectivity index (χ2v) is 15.4. The summed E-state index contributed by atoms with van der Waals surface area (Å²) in [7, 11) is 1.82. The predicted octanol–water partition coefficient (Wildman–Crippen LogP) is 13.6. The Kier molecular flexibility index (Phi) is 10.3. The number of aryl methyl sites for hydroxylation is 1. The highest BCUT2D eigenvalue weighted by Crippen LogP contribution is 2.53. The molecule has 0 amide bonds. The molecule has 8 heteroatoms. The lowest BCUT2D eigenvalue weighted by Crippen LogP contribution is -2.26. The maximum absolute atomic E-state index is 6.81. The number of nitrogens with zero attached hydrogens (tertiary/aromatic N) is 6. The Morgan fingerprint density at radius 3 is 2.10 bits per heavy atom. The minimum atomic E-state index is -0.245. The van der Waals surface area contributed by atoms with Gasteiger partial charge in [0.15, 0.2) is 23.1 Å². The number of hydrogen-bond donors (Lipinski definition) is 0. The van der Waals surface area contributed by atoms with Gasteiger partial charge in [-0.15, -0.1) is 13.2 Å². The van der Waals surface area contributed by atoms with Gasteiger partial charge in [0.05, 0.1) is 23.3 Å². The Balaban J connectivity index is 1.16. The van der Waals surface area contributed by atoms with Crippen molar-refractivity contribution in [1.82, 2.24) is 15.0 Å². The molecular weight excluding hydrogens is 765 g/mol. The quantitative estimate of drug-likeness (QED) is 0.0526. The Bertz CT molecular complexity index is 3030. The van der Waals surface area contributed by atoms with Crippen molar-refractivity contribution in [3.8, 4) is 28.6 Å². The number of aliphatic imine (C=N–C) groups is 1. The van der Waals surface area contributed by atoms with Gasteiger partial charge in [0, 0.05) is 29.8 Å². The lowest BCUT2D eigenvalue weighted by molar-refractivity contribution is 0.354. The highest BCUT2D eigenvalue weighted by Gasteiger charge is 2.33. The number of benzene rings is 7. The number of rotatable bonds is 12. The Morgan fingerprint density at radius 2 is 1.31 bits per heavy atom. The van der Waals surface area contributed by atoms with Crippen molar-refractivity contribution in [2.45, 2.75) is 25.2 Å². The monoisotopic (exact) mass is 808 g/mol. The van der Waals surface area contributed by atoms with E-state index in [1.54, 1.807) is 0 Å². The number of anilines is 5. The van der Waals surface area contributed by atoms with E-state index in [1.807, 2.05) is 103 Å². The Labute approximate surface area is 361 Å². The number of aromatic nitrogens is 3. The summed E-state index contributed by atoms with van der Waals surface area (Å²) in [5, 5.41) is 4.43. The molecule has 2 atom stereocenters. The SMILES string of the molecule is C=CC(C1=CN(c2nc(-c3ccc(CCCC=NC)cc3)nc(N3c4ccccc4Oc4c3ccc3c4ccc4ccccc43)n2)c2ccccc2O1)[C@@H](C=C)c1ccccc1. The van der Waals surface area contributed by atoms with Crippen LogP contribution >= 0.6 is 0 Å². The Hall–Kier alpha value is -7.84. The summed E-state index contributed by atoms with van der Waals surface area (Å²) in [6, 6.07) is 51.8. The summed E-state index contributed by atoms with van der Waals surface area (Å²) < 4.78 is 13.5. The smallest absolute Gasteiger partial charge is 0.240 e. The molecule has 7 aromatic carbocycles. The topological polar surface area (TPSA) is 76.0 Å². The second kappa shape index (κ2) is 16.7. The number of fused-ring (bicyclic) bond motifs is 7. The zero-order valence-corrected chi connectivity index (χ0v) is 34.4. The van der Waals surface area contributed by atoms with Gasteiger partial charge in [-0.25, -0.2) is 0 Å². The third-order valence-corrected chi connectivity index (χ3v) is 11.7. The number of unbranched alkanes of at least 4 members (excludes halogenated alkanes) is 1. The maximum Gasteiger partial charge on any atom is 0.240 e. The standard InChI is InChI=1S/C54H44N6O2/c1-4-40(37-18-7-6-8-19-37)41(5-2)50-35-59(45-22-11-13-24-48(45)61-50)53-56-52(39-28-26-36(27-29-39)17-15-16-34-55-3)57-54(58-53)60-46-23-12-14-25-49(46)62-51-44-31-30-38-20-9-10-21-42(38)43(44)32-33-47(51)60/h4-14,18-35,40-41H,1-2,15-17H2,3H3/t40-,41?/m0/s1. The average molecular weight is 809 g/mol. The molecule has 2 aliphatic rings. The fourth-order valence-electron chi connectivity index (χ4n) is 8.57. The number of allylic oxidation sites excluding steroid dienone is 2. The van der Waals surface area contributed by atoms with E-state index in [0.717, 1.165) is 69.4 Å². The molecular formula is C54H44N6O2. The van der Waals surface area contributed by atoms with Crippen molar-refractivity contribution in [3.05, 3.63) is 200 Å². The van der Waals surface area contributed by atoms with Crippen molar-refractivity contribution >= 4 is 56.7 Å². The van der Waals surface area contributed by atoms with Gasteiger partial charge < -0.3 is 14.5 Å². The molecule has 302 valence electrons. The summed E-state index contributed by atoms with van der Waals surface area (Å²) >= 11 is 0. The molecule has 0 aliphatic carbocycles. The van der Waals surface area contributed by atoms with Crippen LogP contribution in [-0.4, -0.2) is 28.2 Å².